The molecule has 5 rings (SSSR count). The minimum absolute atomic E-state index is 0.00682. The van der Waals surface area contributed by atoms with Crippen LogP contribution in [0.1, 0.15) is 21.6 Å². The third-order valence-corrected chi connectivity index (χ3v) is 5.32. The van der Waals surface area contributed by atoms with Crippen molar-refractivity contribution in [3.8, 4) is 16.9 Å². The summed E-state index contributed by atoms with van der Waals surface area (Å²) in [5, 5.41) is 14.8. The van der Waals surface area contributed by atoms with Gasteiger partial charge in [0.1, 0.15) is 22.9 Å². The SMILES string of the molecule is Cn1cc2c(-c3cc(F)c(CN4Cc5ncccc5C4=O)c(F)c3)ccc(O)c2n1. The number of aryl methyl sites for hydroxylation is 1. The average molecular weight is 406 g/mol. The first-order valence-corrected chi connectivity index (χ1v) is 9.29. The van der Waals surface area contributed by atoms with Gasteiger partial charge in [-0.3, -0.25) is 14.5 Å². The summed E-state index contributed by atoms with van der Waals surface area (Å²) in [4.78, 5) is 18.0. The molecule has 2 aromatic carbocycles. The van der Waals surface area contributed by atoms with Crippen LogP contribution in [0.25, 0.3) is 22.0 Å². The Kier molecular flexibility index (Phi) is 4.02. The molecule has 0 fully saturated rings. The minimum Gasteiger partial charge on any atom is -0.506 e. The maximum atomic E-state index is 14.9. The van der Waals surface area contributed by atoms with E-state index in [0.717, 1.165) is 0 Å². The van der Waals surface area contributed by atoms with E-state index in [4.69, 9.17) is 0 Å². The van der Waals surface area contributed by atoms with Crippen LogP contribution in [-0.4, -0.2) is 30.7 Å². The molecule has 150 valence electrons. The second kappa shape index (κ2) is 6.62. The fourth-order valence-corrected chi connectivity index (χ4v) is 3.87. The van der Waals surface area contributed by atoms with Gasteiger partial charge < -0.3 is 10.0 Å². The molecule has 0 spiro atoms. The van der Waals surface area contributed by atoms with Crippen molar-refractivity contribution in [2.24, 2.45) is 7.05 Å². The number of fused-ring (bicyclic) bond motifs is 2. The zero-order chi connectivity index (χ0) is 21.0. The van der Waals surface area contributed by atoms with E-state index in [2.05, 4.69) is 10.1 Å². The zero-order valence-electron chi connectivity index (χ0n) is 15.9. The van der Waals surface area contributed by atoms with Crippen molar-refractivity contribution in [2.45, 2.75) is 13.1 Å². The van der Waals surface area contributed by atoms with Gasteiger partial charge in [-0.1, -0.05) is 0 Å². The molecule has 0 atom stereocenters. The van der Waals surface area contributed by atoms with Crippen LogP contribution in [0.2, 0.25) is 0 Å². The van der Waals surface area contributed by atoms with Crippen molar-refractivity contribution in [3.05, 3.63) is 77.2 Å². The van der Waals surface area contributed by atoms with Gasteiger partial charge >= 0.3 is 0 Å². The number of carbonyl (C=O) groups excluding carboxylic acids is 1. The van der Waals surface area contributed by atoms with Crippen LogP contribution in [0.15, 0.2) is 48.8 Å². The van der Waals surface area contributed by atoms with Crippen LogP contribution >= 0.6 is 0 Å². The number of phenols is 1. The van der Waals surface area contributed by atoms with E-state index in [0.29, 0.717) is 33.3 Å². The molecular formula is C22H16F2N4O2. The van der Waals surface area contributed by atoms with Gasteiger partial charge in [-0.15, -0.1) is 0 Å². The molecule has 0 aliphatic carbocycles. The lowest BCUT2D eigenvalue weighted by atomic mass is 9.99. The van der Waals surface area contributed by atoms with Gasteiger partial charge in [0.25, 0.3) is 5.91 Å². The molecule has 0 unspecified atom stereocenters. The molecule has 6 nitrogen and oxygen atoms in total. The molecule has 8 heteroatoms. The molecule has 1 amide bonds. The van der Waals surface area contributed by atoms with Gasteiger partial charge in [-0.25, -0.2) is 8.78 Å². The molecule has 3 heterocycles. The maximum absolute atomic E-state index is 14.9. The fourth-order valence-electron chi connectivity index (χ4n) is 3.87. The van der Waals surface area contributed by atoms with E-state index in [1.165, 1.54) is 27.8 Å². The second-order valence-electron chi connectivity index (χ2n) is 7.27. The van der Waals surface area contributed by atoms with E-state index < -0.39 is 11.6 Å². The van der Waals surface area contributed by atoms with E-state index in [9.17, 15) is 18.7 Å². The molecule has 1 aliphatic heterocycles. The summed E-state index contributed by atoms with van der Waals surface area (Å²) in [7, 11) is 1.70. The normalized spacial score (nSPS) is 13.3. The highest BCUT2D eigenvalue weighted by molar-refractivity contribution is 5.98. The monoisotopic (exact) mass is 406 g/mol. The standard InChI is InChI=1S/C22H16F2N4O2/c1-27-9-15-13(4-5-20(29)21(15)26-27)12-7-17(23)16(18(24)8-12)10-28-11-19-14(22(28)30)3-2-6-25-19/h2-9,29H,10-11H2,1H3. The van der Waals surface area contributed by atoms with Crippen molar-refractivity contribution >= 4 is 16.8 Å². The smallest absolute Gasteiger partial charge is 0.256 e. The number of aromatic nitrogens is 3. The van der Waals surface area contributed by atoms with Crippen LogP contribution in [0.4, 0.5) is 8.78 Å². The zero-order valence-corrected chi connectivity index (χ0v) is 15.9. The quantitative estimate of drug-likeness (QED) is 0.562. The molecular weight excluding hydrogens is 390 g/mol. The highest BCUT2D eigenvalue weighted by Gasteiger charge is 2.29. The number of hydrogen-bond donors (Lipinski definition) is 1. The largest absolute Gasteiger partial charge is 0.506 e. The molecule has 0 radical (unpaired) electrons. The number of hydrogen-bond acceptors (Lipinski definition) is 4. The molecule has 1 aliphatic rings. The van der Waals surface area contributed by atoms with Gasteiger partial charge in [-0.2, -0.15) is 5.10 Å². The van der Waals surface area contributed by atoms with Crippen LogP contribution in [0, 0.1) is 11.6 Å². The summed E-state index contributed by atoms with van der Waals surface area (Å²) in [5.74, 6) is -1.79. The predicted molar refractivity (Wildman–Crippen MR) is 106 cm³/mol. The Bertz CT molecular complexity index is 1310. The highest BCUT2D eigenvalue weighted by atomic mass is 19.1. The highest BCUT2D eigenvalue weighted by Crippen LogP contribution is 2.35. The molecule has 0 saturated carbocycles. The Morgan fingerprint density at radius 3 is 2.63 bits per heavy atom. The van der Waals surface area contributed by atoms with Crippen LogP contribution in [-0.2, 0) is 20.1 Å². The molecule has 0 saturated heterocycles. The fraction of sp³-hybridized carbons (Fsp3) is 0.136. The number of carbonyl (C=O) groups is 1. The van der Waals surface area contributed by atoms with E-state index in [1.807, 2.05) is 0 Å². The van der Waals surface area contributed by atoms with E-state index in [-0.39, 0.29) is 30.3 Å². The predicted octanol–water partition coefficient (Wildman–Crippen LogP) is 3.78. The van der Waals surface area contributed by atoms with Crippen LogP contribution < -0.4 is 0 Å². The van der Waals surface area contributed by atoms with Crippen molar-refractivity contribution in [2.75, 3.05) is 0 Å². The number of benzene rings is 2. The van der Waals surface area contributed by atoms with Crippen molar-refractivity contribution < 1.29 is 18.7 Å². The summed E-state index contributed by atoms with van der Waals surface area (Å²) in [5.41, 5.74) is 2.11. The number of nitrogens with zero attached hydrogens (tertiary/aromatic N) is 4. The van der Waals surface area contributed by atoms with Crippen LogP contribution in [0.3, 0.4) is 0 Å². The first kappa shape index (κ1) is 18.2. The second-order valence-corrected chi connectivity index (χ2v) is 7.27. The van der Waals surface area contributed by atoms with E-state index >= 15 is 0 Å². The Morgan fingerprint density at radius 2 is 1.90 bits per heavy atom. The van der Waals surface area contributed by atoms with Gasteiger partial charge in [0.2, 0.25) is 0 Å². The third kappa shape index (κ3) is 2.80. The van der Waals surface area contributed by atoms with Gasteiger partial charge in [0.15, 0.2) is 0 Å². The Balaban J connectivity index is 1.51. The number of amides is 1. The molecule has 4 aromatic rings. The minimum atomic E-state index is -0.744. The third-order valence-electron chi connectivity index (χ3n) is 5.32. The van der Waals surface area contributed by atoms with Gasteiger partial charge in [0.05, 0.1) is 24.3 Å². The summed E-state index contributed by atoms with van der Waals surface area (Å²) >= 11 is 0. The Labute approximate surface area is 170 Å². The van der Waals surface area contributed by atoms with Crippen molar-refractivity contribution in [3.63, 3.8) is 0 Å². The summed E-state index contributed by atoms with van der Waals surface area (Å²) in [6, 6.07) is 8.84. The van der Waals surface area contributed by atoms with Crippen LogP contribution in [0.5, 0.6) is 5.75 Å². The van der Waals surface area contributed by atoms with E-state index in [1.54, 1.807) is 37.6 Å². The lowest BCUT2D eigenvalue weighted by Gasteiger charge is -2.17. The summed E-state index contributed by atoms with van der Waals surface area (Å²) in [6.07, 6.45) is 3.27. The molecule has 30 heavy (non-hydrogen) atoms. The Morgan fingerprint density at radius 1 is 1.13 bits per heavy atom. The molecule has 1 N–H and O–H groups in total. The molecule has 0 bridgehead atoms. The first-order chi connectivity index (χ1) is 14.4. The number of halogens is 2. The maximum Gasteiger partial charge on any atom is 0.256 e. The van der Waals surface area contributed by atoms with Gasteiger partial charge in [0, 0.05) is 30.4 Å². The molecule has 2 aromatic heterocycles. The number of rotatable bonds is 3. The number of aromatic hydroxyl groups is 1. The number of pyridine rings is 1. The summed E-state index contributed by atoms with van der Waals surface area (Å²) in [6.45, 7) is 0.0227. The topological polar surface area (TPSA) is 71.2 Å². The number of phenolic OH excluding ortho intramolecular Hbond substituents is 1. The van der Waals surface area contributed by atoms with Gasteiger partial charge in [-0.05, 0) is 47.5 Å². The Hall–Kier alpha value is -3.81. The lowest BCUT2D eigenvalue weighted by molar-refractivity contribution is 0.0763. The first-order valence-electron chi connectivity index (χ1n) is 9.29. The lowest BCUT2D eigenvalue weighted by Crippen LogP contribution is -2.24. The van der Waals surface area contributed by atoms with Crippen molar-refractivity contribution in [1.82, 2.24) is 19.7 Å². The average Bonchev–Trinajstić information content (AvgIpc) is 3.26. The van der Waals surface area contributed by atoms with Crippen molar-refractivity contribution in [1.29, 1.82) is 0 Å². The summed E-state index contributed by atoms with van der Waals surface area (Å²) < 4.78 is 31.4.